The minimum Gasteiger partial charge on any atom is -0.310 e. The van der Waals surface area contributed by atoms with Gasteiger partial charge in [-0.2, -0.15) is 0 Å². The van der Waals surface area contributed by atoms with Crippen LogP contribution in [0.3, 0.4) is 0 Å². The second kappa shape index (κ2) is 12.8. The lowest BCUT2D eigenvalue weighted by atomic mass is 9.82. The van der Waals surface area contributed by atoms with Gasteiger partial charge >= 0.3 is 0 Å². The highest BCUT2D eigenvalue weighted by molar-refractivity contribution is 6.00. The van der Waals surface area contributed by atoms with Crippen molar-refractivity contribution in [3.8, 4) is 44.5 Å². The molecule has 256 valence electrons. The zero-order chi connectivity index (χ0) is 36.2. The predicted octanol–water partition coefficient (Wildman–Crippen LogP) is 14.8. The van der Waals surface area contributed by atoms with Gasteiger partial charge in [0, 0.05) is 22.4 Å². The maximum Gasteiger partial charge on any atom is 0.0543 e. The van der Waals surface area contributed by atoms with E-state index >= 15 is 0 Å². The Hall–Kier alpha value is -6.70. The molecule has 0 saturated heterocycles. The molecule has 0 spiro atoms. The standard InChI is InChI=1S/C53H39N/c1-53(2)49-22-9-8-19-48(49)52-50(53)23-12-24-51(52)54(43-32-27-39(28-33-43)46-20-10-16-38-15-6-7-18-44(38)46)42-30-25-36(26-31-42)40-29-34-47-41(35-40)17-11-21-45(47)37-13-4-3-5-14-37/h3-35H,1-2H3. The molecule has 0 radical (unpaired) electrons. The number of hydrogen-bond donors (Lipinski definition) is 0. The molecule has 9 aromatic carbocycles. The summed E-state index contributed by atoms with van der Waals surface area (Å²) in [6.45, 7) is 4.71. The third-order valence-electron chi connectivity index (χ3n) is 11.5. The highest BCUT2D eigenvalue weighted by Crippen LogP contribution is 2.54. The lowest BCUT2D eigenvalue weighted by Gasteiger charge is -2.29. The van der Waals surface area contributed by atoms with E-state index in [1.807, 2.05) is 0 Å². The number of anilines is 3. The van der Waals surface area contributed by atoms with Crippen molar-refractivity contribution in [3.63, 3.8) is 0 Å². The van der Waals surface area contributed by atoms with Crippen molar-refractivity contribution in [3.05, 3.63) is 211 Å². The van der Waals surface area contributed by atoms with Gasteiger partial charge < -0.3 is 4.90 Å². The number of benzene rings is 9. The third-order valence-corrected chi connectivity index (χ3v) is 11.5. The first kappa shape index (κ1) is 32.0. The Morgan fingerprint density at radius 2 is 0.870 bits per heavy atom. The minimum atomic E-state index is -0.0911. The van der Waals surface area contributed by atoms with Crippen LogP contribution >= 0.6 is 0 Å². The van der Waals surface area contributed by atoms with E-state index in [0.29, 0.717) is 0 Å². The van der Waals surface area contributed by atoms with Gasteiger partial charge in [0.2, 0.25) is 0 Å². The molecule has 10 rings (SSSR count). The molecule has 1 heteroatoms. The fourth-order valence-electron chi connectivity index (χ4n) is 8.75. The molecule has 1 aliphatic carbocycles. The van der Waals surface area contributed by atoms with Gasteiger partial charge in [-0.05, 0) is 108 Å². The molecule has 54 heavy (non-hydrogen) atoms. The van der Waals surface area contributed by atoms with Crippen LogP contribution in [0.4, 0.5) is 17.1 Å². The van der Waals surface area contributed by atoms with Gasteiger partial charge in [0.15, 0.2) is 0 Å². The zero-order valence-corrected chi connectivity index (χ0v) is 30.5. The van der Waals surface area contributed by atoms with Gasteiger partial charge in [-0.15, -0.1) is 0 Å². The van der Waals surface area contributed by atoms with Crippen molar-refractivity contribution in [2.75, 3.05) is 4.90 Å². The van der Waals surface area contributed by atoms with E-state index in [9.17, 15) is 0 Å². The van der Waals surface area contributed by atoms with Gasteiger partial charge in [0.25, 0.3) is 0 Å². The van der Waals surface area contributed by atoms with E-state index in [-0.39, 0.29) is 5.41 Å². The second-order valence-electron chi connectivity index (χ2n) is 14.9. The highest BCUT2D eigenvalue weighted by Gasteiger charge is 2.37. The lowest BCUT2D eigenvalue weighted by molar-refractivity contribution is 0.660. The number of nitrogens with zero attached hydrogens (tertiary/aromatic N) is 1. The molecule has 0 bridgehead atoms. The van der Waals surface area contributed by atoms with Crippen molar-refractivity contribution >= 4 is 38.6 Å². The molecule has 0 atom stereocenters. The topological polar surface area (TPSA) is 3.24 Å². The fourth-order valence-corrected chi connectivity index (χ4v) is 8.75. The van der Waals surface area contributed by atoms with Crippen LogP contribution in [0.15, 0.2) is 200 Å². The van der Waals surface area contributed by atoms with Crippen LogP contribution in [0, 0.1) is 0 Å². The summed E-state index contributed by atoms with van der Waals surface area (Å²) in [6, 6.07) is 73.3. The molecule has 0 saturated carbocycles. The fraction of sp³-hybridized carbons (Fsp3) is 0.0566. The van der Waals surface area contributed by atoms with Gasteiger partial charge in [0.05, 0.1) is 5.69 Å². The molecule has 0 amide bonds. The van der Waals surface area contributed by atoms with Crippen LogP contribution < -0.4 is 4.90 Å². The van der Waals surface area contributed by atoms with Crippen LogP contribution in [-0.4, -0.2) is 0 Å². The Balaban J connectivity index is 1.09. The number of fused-ring (bicyclic) bond motifs is 5. The first-order chi connectivity index (χ1) is 26.5. The summed E-state index contributed by atoms with van der Waals surface area (Å²) in [5.41, 5.74) is 16.1. The van der Waals surface area contributed by atoms with E-state index < -0.39 is 0 Å². The van der Waals surface area contributed by atoms with Gasteiger partial charge in [-0.3, -0.25) is 0 Å². The summed E-state index contributed by atoms with van der Waals surface area (Å²) < 4.78 is 0. The number of hydrogen-bond acceptors (Lipinski definition) is 1. The Labute approximate surface area is 317 Å². The first-order valence-electron chi connectivity index (χ1n) is 18.8. The van der Waals surface area contributed by atoms with Gasteiger partial charge in [-0.25, -0.2) is 0 Å². The summed E-state index contributed by atoms with van der Waals surface area (Å²) in [5.74, 6) is 0. The molecular formula is C53H39N. The average molecular weight is 690 g/mol. The third kappa shape index (κ3) is 5.24. The van der Waals surface area contributed by atoms with Crippen LogP contribution in [0.1, 0.15) is 25.0 Å². The van der Waals surface area contributed by atoms with E-state index in [2.05, 4.69) is 219 Å². The summed E-state index contributed by atoms with van der Waals surface area (Å²) in [5, 5.41) is 5.03. The molecule has 1 aliphatic rings. The molecule has 9 aromatic rings. The van der Waals surface area contributed by atoms with Crippen LogP contribution in [0.25, 0.3) is 66.1 Å². The lowest BCUT2D eigenvalue weighted by Crippen LogP contribution is -2.16. The van der Waals surface area contributed by atoms with Gasteiger partial charge in [0.1, 0.15) is 0 Å². The predicted molar refractivity (Wildman–Crippen MR) is 230 cm³/mol. The molecule has 0 heterocycles. The quantitative estimate of drug-likeness (QED) is 0.168. The monoisotopic (exact) mass is 689 g/mol. The molecule has 0 aliphatic heterocycles. The first-order valence-corrected chi connectivity index (χ1v) is 18.8. The van der Waals surface area contributed by atoms with Crippen LogP contribution in [0.2, 0.25) is 0 Å². The van der Waals surface area contributed by atoms with Gasteiger partial charge in [-0.1, -0.05) is 178 Å². The SMILES string of the molecule is CC1(C)c2ccccc2-c2c(N(c3ccc(-c4ccc5c(-c6ccccc6)cccc5c4)cc3)c3ccc(-c4cccc5ccccc45)cc3)cccc21. The summed E-state index contributed by atoms with van der Waals surface area (Å²) in [4.78, 5) is 2.44. The average Bonchev–Trinajstić information content (AvgIpc) is 3.47. The Morgan fingerprint density at radius 1 is 0.352 bits per heavy atom. The second-order valence-corrected chi connectivity index (χ2v) is 14.9. The number of rotatable bonds is 6. The Morgan fingerprint density at radius 3 is 1.63 bits per heavy atom. The molecule has 0 aromatic heterocycles. The van der Waals surface area contributed by atoms with Crippen LogP contribution in [-0.2, 0) is 5.41 Å². The van der Waals surface area contributed by atoms with Crippen molar-refractivity contribution in [2.24, 2.45) is 0 Å². The van der Waals surface area contributed by atoms with E-state index in [1.165, 1.54) is 82.9 Å². The molecule has 0 unspecified atom stereocenters. The largest absolute Gasteiger partial charge is 0.310 e. The maximum atomic E-state index is 2.44. The molecular weight excluding hydrogens is 651 g/mol. The summed E-state index contributed by atoms with van der Waals surface area (Å²) in [7, 11) is 0. The van der Waals surface area contributed by atoms with E-state index in [4.69, 9.17) is 0 Å². The van der Waals surface area contributed by atoms with E-state index in [1.54, 1.807) is 0 Å². The molecule has 0 N–H and O–H groups in total. The normalized spacial score (nSPS) is 12.8. The molecule has 1 nitrogen and oxygen atoms in total. The Kier molecular flexibility index (Phi) is 7.56. The van der Waals surface area contributed by atoms with Crippen molar-refractivity contribution in [1.29, 1.82) is 0 Å². The van der Waals surface area contributed by atoms with E-state index in [0.717, 1.165) is 11.4 Å². The summed E-state index contributed by atoms with van der Waals surface area (Å²) >= 11 is 0. The van der Waals surface area contributed by atoms with Crippen LogP contribution in [0.5, 0.6) is 0 Å². The Bertz CT molecular complexity index is 2820. The van der Waals surface area contributed by atoms with Crippen molar-refractivity contribution < 1.29 is 0 Å². The summed E-state index contributed by atoms with van der Waals surface area (Å²) in [6.07, 6.45) is 0. The maximum absolute atomic E-state index is 2.44. The zero-order valence-electron chi connectivity index (χ0n) is 30.5. The smallest absolute Gasteiger partial charge is 0.0543 e. The highest BCUT2D eigenvalue weighted by atomic mass is 15.1. The minimum absolute atomic E-state index is 0.0911. The van der Waals surface area contributed by atoms with Crippen molar-refractivity contribution in [1.82, 2.24) is 0 Å². The molecule has 0 fully saturated rings. The van der Waals surface area contributed by atoms with Crippen molar-refractivity contribution in [2.45, 2.75) is 19.3 Å².